The molecule has 2 N–H and O–H groups in total. The molecule has 1 amide bonds. The highest BCUT2D eigenvalue weighted by molar-refractivity contribution is 7.16. The first-order valence-corrected chi connectivity index (χ1v) is 12.7. The van der Waals surface area contributed by atoms with Gasteiger partial charge in [-0.1, -0.05) is 0 Å². The van der Waals surface area contributed by atoms with Gasteiger partial charge >= 0.3 is 0 Å². The van der Waals surface area contributed by atoms with Gasteiger partial charge in [0.15, 0.2) is 0 Å². The number of aromatic nitrogens is 2. The van der Waals surface area contributed by atoms with Crippen LogP contribution in [0.3, 0.4) is 0 Å². The smallest absolute Gasteiger partial charge is 0.248 e. The number of piperidine rings is 1. The van der Waals surface area contributed by atoms with Crippen molar-refractivity contribution in [3.63, 3.8) is 0 Å². The molecule has 0 radical (unpaired) electrons. The molecular weight excluding hydrogens is 440 g/mol. The maximum Gasteiger partial charge on any atom is 0.248 e. The van der Waals surface area contributed by atoms with E-state index in [0.29, 0.717) is 17.9 Å². The number of amides is 1. The quantitative estimate of drug-likeness (QED) is 0.533. The third kappa shape index (κ3) is 5.19. The minimum absolute atomic E-state index is 0.0397. The molecule has 6 nitrogen and oxygen atoms in total. The molecule has 2 aromatic heterocycles. The van der Waals surface area contributed by atoms with E-state index >= 15 is 0 Å². The molecule has 0 spiro atoms. The lowest BCUT2D eigenvalue weighted by atomic mass is 9.98. The Morgan fingerprint density at radius 2 is 2.03 bits per heavy atom. The SMILES string of the molecule is Cc1nc(C2CCN(C)CC2)sc1-c1csc(Cc2cc(C(N)=O)ccc2OC(C)C)n1. The Morgan fingerprint density at radius 3 is 2.72 bits per heavy atom. The standard InChI is InChI=1S/C24H30N4O2S2/c1-14(2)30-20-6-5-17(23(25)29)11-18(20)12-21-27-19(13-31-21)22-15(3)26-24(32-22)16-7-9-28(4)10-8-16/h5-6,11,13-14,16H,7-10,12H2,1-4H3,(H2,25,29). The maximum absolute atomic E-state index is 11.7. The molecule has 1 aromatic carbocycles. The van der Waals surface area contributed by atoms with Crippen LogP contribution in [0.4, 0.5) is 0 Å². The summed E-state index contributed by atoms with van der Waals surface area (Å²) in [7, 11) is 2.18. The molecule has 1 fully saturated rings. The van der Waals surface area contributed by atoms with E-state index in [-0.39, 0.29) is 6.10 Å². The second-order valence-electron chi connectivity index (χ2n) is 8.70. The van der Waals surface area contributed by atoms with Gasteiger partial charge in [-0.15, -0.1) is 22.7 Å². The summed E-state index contributed by atoms with van der Waals surface area (Å²) in [6.07, 6.45) is 2.96. The average molecular weight is 471 g/mol. The number of rotatable bonds is 7. The van der Waals surface area contributed by atoms with Crippen LogP contribution in [0, 0.1) is 6.92 Å². The zero-order valence-corrected chi connectivity index (χ0v) is 20.7. The Kier molecular flexibility index (Phi) is 6.93. The van der Waals surface area contributed by atoms with Gasteiger partial charge in [0.1, 0.15) is 5.75 Å². The molecule has 0 atom stereocenters. The fourth-order valence-electron chi connectivity index (χ4n) is 3.98. The van der Waals surface area contributed by atoms with Crippen molar-refractivity contribution in [2.45, 2.75) is 52.1 Å². The van der Waals surface area contributed by atoms with Gasteiger partial charge in [0.25, 0.3) is 0 Å². The van der Waals surface area contributed by atoms with Crippen LogP contribution in [0.15, 0.2) is 23.6 Å². The van der Waals surface area contributed by atoms with Crippen molar-refractivity contribution in [1.82, 2.24) is 14.9 Å². The van der Waals surface area contributed by atoms with Gasteiger partial charge in [0.2, 0.25) is 5.91 Å². The molecule has 0 unspecified atom stereocenters. The predicted molar refractivity (Wildman–Crippen MR) is 131 cm³/mol. The van der Waals surface area contributed by atoms with E-state index in [9.17, 15) is 4.79 Å². The molecular formula is C24H30N4O2S2. The van der Waals surface area contributed by atoms with Gasteiger partial charge in [-0.25, -0.2) is 9.97 Å². The second-order valence-corrected chi connectivity index (χ2v) is 10.7. The Bertz CT molecular complexity index is 1100. The third-order valence-corrected chi connectivity index (χ3v) is 7.91. The number of hydrogen-bond acceptors (Lipinski definition) is 7. The molecule has 170 valence electrons. The Balaban J connectivity index is 1.56. The largest absolute Gasteiger partial charge is 0.491 e. The minimum Gasteiger partial charge on any atom is -0.491 e. The van der Waals surface area contributed by atoms with Gasteiger partial charge in [-0.2, -0.15) is 0 Å². The Hall–Kier alpha value is -2.29. The van der Waals surface area contributed by atoms with Crippen LogP contribution in [0.25, 0.3) is 10.6 Å². The summed E-state index contributed by atoms with van der Waals surface area (Å²) in [5.41, 5.74) is 8.93. The molecule has 0 saturated carbocycles. The molecule has 1 aliphatic rings. The molecule has 3 heterocycles. The number of benzene rings is 1. The fourth-order valence-corrected chi connectivity index (χ4v) is 6.06. The van der Waals surface area contributed by atoms with E-state index in [1.54, 1.807) is 28.7 Å². The number of nitrogens with two attached hydrogens (primary N) is 1. The number of carbonyl (C=O) groups is 1. The summed E-state index contributed by atoms with van der Waals surface area (Å²) in [5.74, 6) is 0.873. The van der Waals surface area contributed by atoms with Crippen molar-refractivity contribution in [1.29, 1.82) is 0 Å². The number of primary amides is 1. The first kappa shape index (κ1) is 22.9. The van der Waals surface area contributed by atoms with Crippen LogP contribution in [-0.4, -0.2) is 47.0 Å². The number of thiazole rings is 2. The van der Waals surface area contributed by atoms with Crippen LogP contribution >= 0.6 is 22.7 Å². The van der Waals surface area contributed by atoms with Crippen molar-refractivity contribution in [2.75, 3.05) is 20.1 Å². The number of nitrogens with zero attached hydrogens (tertiary/aromatic N) is 3. The molecule has 3 aromatic rings. The number of ether oxygens (including phenoxy) is 1. The monoisotopic (exact) mass is 470 g/mol. The van der Waals surface area contributed by atoms with Crippen LogP contribution < -0.4 is 10.5 Å². The lowest BCUT2D eigenvalue weighted by Crippen LogP contribution is -2.29. The minimum atomic E-state index is -0.441. The highest BCUT2D eigenvalue weighted by atomic mass is 32.1. The summed E-state index contributed by atoms with van der Waals surface area (Å²) in [4.78, 5) is 25.0. The lowest BCUT2D eigenvalue weighted by Gasteiger charge is -2.27. The molecule has 8 heteroatoms. The summed E-state index contributed by atoms with van der Waals surface area (Å²) >= 11 is 3.41. The normalized spacial score (nSPS) is 15.4. The van der Waals surface area contributed by atoms with E-state index in [1.807, 2.05) is 26.0 Å². The molecule has 4 rings (SSSR count). The van der Waals surface area contributed by atoms with Crippen LogP contribution in [0.5, 0.6) is 5.75 Å². The maximum atomic E-state index is 11.7. The van der Waals surface area contributed by atoms with Gasteiger partial charge in [0.05, 0.1) is 32.4 Å². The third-order valence-electron chi connectivity index (χ3n) is 5.71. The predicted octanol–water partition coefficient (Wildman–Crippen LogP) is 4.86. The van der Waals surface area contributed by atoms with Crippen molar-refractivity contribution in [3.8, 4) is 16.3 Å². The molecule has 32 heavy (non-hydrogen) atoms. The molecule has 0 aliphatic carbocycles. The van der Waals surface area contributed by atoms with Crippen LogP contribution in [-0.2, 0) is 6.42 Å². The Labute approximate surface area is 197 Å². The van der Waals surface area contributed by atoms with Crippen LogP contribution in [0.1, 0.15) is 64.2 Å². The van der Waals surface area contributed by atoms with Crippen LogP contribution in [0.2, 0.25) is 0 Å². The summed E-state index contributed by atoms with van der Waals surface area (Å²) in [5, 5.41) is 4.32. The number of carbonyl (C=O) groups excluding carboxylic acids is 1. The number of aryl methyl sites for hydroxylation is 1. The van der Waals surface area contributed by atoms with Crippen molar-refractivity contribution in [3.05, 3.63) is 50.4 Å². The number of likely N-dealkylation sites (tertiary alicyclic amines) is 1. The number of hydrogen-bond donors (Lipinski definition) is 1. The highest BCUT2D eigenvalue weighted by Gasteiger charge is 2.23. The van der Waals surface area contributed by atoms with Gasteiger partial charge in [-0.05, 0) is 71.9 Å². The molecule has 1 saturated heterocycles. The van der Waals surface area contributed by atoms with Gasteiger partial charge < -0.3 is 15.4 Å². The molecule has 1 aliphatic heterocycles. The Morgan fingerprint density at radius 1 is 1.28 bits per heavy atom. The van der Waals surface area contributed by atoms with E-state index in [1.165, 1.54) is 17.8 Å². The summed E-state index contributed by atoms with van der Waals surface area (Å²) in [6.45, 7) is 8.31. The molecule has 0 bridgehead atoms. The zero-order valence-electron chi connectivity index (χ0n) is 19.1. The lowest BCUT2D eigenvalue weighted by molar-refractivity contribution is 0.1000. The average Bonchev–Trinajstić information content (AvgIpc) is 3.35. The topological polar surface area (TPSA) is 81.3 Å². The van der Waals surface area contributed by atoms with Gasteiger partial charge in [-0.3, -0.25) is 4.79 Å². The van der Waals surface area contributed by atoms with E-state index < -0.39 is 5.91 Å². The van der Waals surface area contributed by atoms with Crippen molar-refractivity contribution >= 4 is 28.6 Å². The summed E-state index contributed by atoms with van der Waals surface area (Å²) in [6, 6.07) is 5.35. The van der Waals surface area contributed by atoms with Crippen molar-refractivity contribution < 1.29 is 9.53 Å². The second kappa shape index (κ2) is 9.68. The van der Waals surface area contributed by atoms with Crippen molar-refractivity contribution in [2.24, 2.45) is 5.73 Å². The van der Waals surface area contributed by atoms with E-state index in [0.717, 1.165) is 45.7 Å². The van der Waals surface area contributed by atoms with E-state index in [2.05, 4.69) is 24.3 Å². The zero-order chi connectivity index (χ0) is 22.8. The fraction of sp³-hybridized carbons (Fsp3) is 0.458. The first-order valence-electron chi connectivity index (χ1n) is 11.0. The highest BCUT2D eigenvalue weighted by Crippen LogP contribution is 2.38. The first-order chi connectivity index (χ1) is 15.3. The van der Waals surface area contributed by atoms with Gasteiger partial charge in [0, 0.05) is 28.8 Å². The van der Waals surface area contributed by atoms with E-state index in [4.69, 9.17) is 20.4 Å². The summed E-state index contributed by atoms with van der Waals surface area (Å²) < 4.78 is 5.95.